The molecule has 0 saturated carbocycles. The number of nitrogens with zero attached hydrogens (tertiary/aromatic N) is 7. The second kappa shape index (κ2) is 6.42. The highest BCUT2D eigenvalue weighted by atomic mass is 16.5. The molecule has 1 atom stereocenters. The van der Waals surface area contributed by atoms with Gasteiger partial charge in [-0.25, -0.2) is 4.98 Å². The van der Waals surface area contributed by atoms with Crippen molar-refractivity contribution in [1.29, 1.82) is 0 Å². The highest BCUT2D eigenvalue weighted by Gasteiger charge is 2.32. The minimum absolute atomic E-state index is 0.0476. The lowest BCUT2D eigenvalue weighted by Gasteiger charge is -2.14. The van der Waals surface area contributed by atoms with Crippen LogP contribution in [-0.2, 0) is 6.54 Å². The molecule has 4 rings (SSSR count). The Bertz CT molecular complexity index is 874. The van der Waals surface area contributed by atoms with Crippen molar-refractivity contribution in [3.05, 3.63) is 42.4 Å². The van der Waals surface area contributed by atoms with Gasteiger partial charge in [-0.2, -0.15) is 10.1 Å². The first-order valence-corrected chi connectivity index (χ1v) is 8.17. The average Bonchev–Trinajstić information content (AvgIpc) is 3.41. The van der Waals surface area contributed by atoms with Crippen LogP contribution in [0.1, 0.15) is 35.6 Å². The molecule has 25 heavy (non-hydrogen) atoms. The largest absolute Gasteiger partial charge is 0.336 e. The van der Waals surface area contributed by atoms with Crippen molar-refractivity contribution < 1.29 is 9.32 Å². The molecule has 9 nitrogen and oxygen atoms in total. The molecule has 0 bridgehead atoms. The predicted octanol–water partition coefficient (Wildman–Crippen LogP) is 1.37. The Morgan fingerprint density at radius 1 is 1.40 bits per heavy atom. The van der Waals surface area contributed by atoms with Gasteiger partial charge in [-0.3, -0.25) is 14.5 Å². The Morgan fingerprint density at radius 3 is 3.08 bits per heavy atom. The van der Waals surface area contributed by atoms with E-state index < -0.39 is 0 Å². The Morgan fingerprint density at radius 2 is 2.32 bits per heavy atom. The van der Waals surface area contributed by atoms with Crippen molar-refractivity contribution in [3.8, 4) is 11.6 Å². The van der Waals surface area contributed by atoms with Gasteiger partial charge in [-0.15, -0.1) is 0 Å². The number of hydrogen-bond acceptors (Lipinski definition) is 7. The number of rotatable bonds is 4. The molecular weight excluding hydrogens is 322 g/mol. The number of carbonyl (C=O) groups excluding carboxylic acids is 1. The lowest BCUT2D eigenvalue weighted by molar-refractivity contribution is 0.0783. The van der Waals surface area contributed by atoms with E-state index in [2.05, 4.69) is 25.2 Å². The van der Waals surface area contributed by atoms with Crippen LogP contribution in [0.3, 0.4) is 0 Å². The molecule has 0 radical (unpaired) electrons. The van der Waals surface area contributed by atoms with Crippen molar-refractivity contribution in [2.45, 2.75) is 25.8 Å². The first kappa shape index (κ1) is 15.4. The molecule has 0 aliphatic carbocycles. The summed E-state index contributed by atoms with van der Waals surface area (Å²) < 4.78 is 7.02. The molecule has 9 heteroatoms. The van der Waals surface area contributed by atoms with Crippen molar-refractivity contribution in [1.82, 2.24) is 34.8 Å². The zero-order valence-corrected chi connectivity index (χ0v) is 13.7. The van der Waals surface area contributed by atoms with Crippen LogP contribution < -0.4 is 0 Å². The van der Waals surface area contributed by atoms with E-state index >= 15 is 0 Å². The zero-order valence-electron chi connectivity index (χ0n) is 13.7. The molecule has 4 heterocycles. The van der Waals surface area contributed by atoms with Crippen LogP contribution in [0.4, 0.5) is 0 Å². The first-order chi connectivity index (χ1) is 12.2. The normalized spacial score (nSPS) is 17.2. The van der Waals surface area contributed by atoms with Gasteiger partial charge < -0.3 is 9.42 Å². The van der Waals surface area contributed by atoms with Crippen LogP contribution in [0.2, 0.25) is 0 Å². The molecule has 1 aliphatic heterocycles. The molecule has 128 valence electrons. The third-order valence-corrected chi connectivity index (χ3v) is 4.25. The Hall–Kier alpha value is -3.10. The number of likely N-dealkylation sites (tertiary alicyclic amines) is 1. The van der Waals surface area contributed by atoms with Gasteiger partial charge in [0.05, 0.1) is 6.20 Å². The second-order valence-corrected chi connectivity index (χ2v) is 5.84. The van der Waals surface area contributed by atoms with Crippen molar-refractivity contribution in [2.24, 2.45) is 0 Å². The molecule has 0 N–H and O–H groups in total. The Balaban J connectivity index is 1.46. The summed E-state index contributed by atoms with van der Waals surface area (Å²) in [6.07, 6.45) is 7.34. The van der Waals surface area contributed by atoms with Crippen molar-refractivity contribution in [2.75, 3.05) is 13.1 Å². The maximum absolute atomic E-state index is 12.5. The maximum atomic E-state index is 12.5. The van der Waals surface area contributed by atoms with E-state index in [4.69, 9.17) is 4.52 Å². The summed E-state index contributed by atoms with van der Waals surface area (Å²) in [6, 6.07) is 1.75. The zero-order chi connectivity index (χ0) is 17.2. The molecule has 1 unspecified atom stereocenters. The Kier molecular flexibility index (Phi) is 3.96. The fourth-order valence-electron chi connectivity index (χ4n) is 2.88. The van der Waals surface area contributed by atoms with Gasteiger partial charge in [0, 0.05) is 44.1 Å². The summed E-state index contributed by atoms with van der Waals surface area (Å²) in [4.78, 5) is 26.9. The molecule has 0 aromatic carbocycles. The summed E-state index contributed by atoms with van der Waals surface area (Å²) in [7, 11) is 0. The molecule has 3 aromatic rings. The van der Waals surface area contributed by atoms with Crippen molar-refractivity contribution >= 4 is 5.91 Å². The summed E-state index contributed by atoms with van der Waals surface area (Å²) >= 11 is 0. The van der Waals surface area contributed by atoms with E-state index in [0.29, 0.717) is 36.2 Å². The highest BCUT2D eigenvalue weighted by molar-refractivity contribution is 5.92. The lowest BCUT2D eigenvalue weighted by atomic mass is 10.1. The van der Waals surface area contributed by atoms with E-state index in [1.54, 1.807) is 34.2 Å². The average molecular weight is 339 g/mol. The standard InChI is InChI=1S/C16H17N7O2/c1-2-23-8-4-12(20-23)16(24)22-7-3-11(10-22)14-19-15(25-21-14)13-9-17-5-6-18-13/h4-6,8-9,11H,2-3,7,10H2,1H3. The van der Waals surface area contributed by atoms with Crippen LogP contribution in [0.5, 0.6) is 0 Å². The molecule has 1 saturated heterocycles. The summed E-state index contributed by atoms with van der Waals surface area (Å²) in [5.74, 6) is 0.920. The fraction of sp³-hybridized carbons (Fsp3) is 0.375. The number of aryl methyl sites for hydroxylation is 1. The van der Waals surface area contributed by atoms with Crippen molar-refractivity contribution in [3.63, 3.8) is 0 Å². The SMILES string of the molecule is CCn1ccc(C(=O)N2CCC(c3noc(-c4cnccn4)n3)C2)n1. The number of hydrogen-bond donors (Lipinski definition) is 0. The quantitative estimate of drug-likeness (QED) is 0.707. The lowest BCUT2D eigenvalue weighted by Crippen LogP contribution is -2.29. The maximum Gasteiger partial charge on any atom is 0.278 e. The molecular formula is C16H17N7O2. The highest BCUT2D eigenvalue weighted by Crippen LogP contribution is 2.27. The van der Waals surface area contributed by atoms with E-state index in [-0.39, 0.29) is 11.8 Å². The second-order valence-electron chi connectivity index (χ2n) is 5.84. The monoisotopic (exact) mass is 339 g/mol. The topological polar surface area (TPSA) is 103 Å². The Labute approximate surface area is 143 Å². The number of aromatic nitrogens is 6. The van der Waals surface area contributed by atoms with E-state index in [1.165, 1.54) is 0 Å². The molecule has 1 amide bonds. The van der Waals surface area contributed by atoms with Gasteiger partial charge in [-0.05, 0) is 19.4 Å². The third kappa shape index (κ3) is 3.00. The molecule has 3 aromatic heterocycles. The van der Waals surface area contributed by atoms with Gasteiger partial charge in [-0.1, -0.05) is 5.16 Å². The van der Waals surface area contributed by atoms with E-state index in [9.17, 15) is 4.79 Å². The minimum atomic E-state index is -0.0626. The number of carbonyl (C=O) groups is 1. The van der Waals surface area contributed by atoms with Crippen LogP contribution in [0.15, 0.2) is 35.4 Å². The summed E-state index contributed by atoms with van der Waals surface area (Å²) in [6.45, 7) is 3.93. The van der Waals surface area contributed by atoms with Gasteiger partial charge in [0.1, 0.15) is 11.4 Å². The summed E-state index contributed by atoms with van der Waals surface area (Å²) in [5, 5.41) is 8.32. The first-order valence-electron chi connectivity index (χ1n) is 8.17. The van der Waals surface area contributed by atoms with E-state index in [1.807, 2.05) is 13.1 Å². The molecule has 0 spiro atoms. The predicted molar refractivity (Wildman–Crippen MR) is 86.5 cm³/mol. The van der Waals surface area contributed by atoms with E-state index in [0.717, 1.165) is 13.0 Å². The molecule has 1 fully saturated rings. The number of amides is 1. The van der Waals surface area contributed by atoms with Crippen LogP contribution in [0, 0.1) is 0 Å². The molecule has 1 aliphatic rings. The smallest absolute Gasteiger partial charge is 0.278 e. The van der Waals surface area contributed by atoms with Gasteiger partial charge in [0.2, 0.25) is 0 Å². The summed E-state index contributed by atoms with van der Waals surface area (Å²) in [5.41, 5.74) is 1.01. The third-order valence-electron chi connectivity index (χ3n) is 4.25. The van der Waals surface area contributed by atoms with Gasteiger partial charge >= 0.3 is 0 Å². The van der Waals surface area contributed by atoms with Gasteiger partial charge in [0.25, 0.3) is 11.8 Å². The van der Waals surface area contributed by atoms with Crippen LogP contribution >= 0.6 is 0 Å². The van der Waals surface area contributed by atoms with Gasteiger partial charge in [0.15, 0.2) is 5.82 Å². The van der Waals surface area contributed by atoms with Crippen LogP contribution in [0.25, 0.3) is 11.6 Å². The minimum Gasteiger partial charge on any atom is -0.336 e. The van der Waals surface area contributed by atoms with Crippen LogP contribution in [-0.4, -0.2) is 53.8 Å². The fourth-order valence-corrected chi connectivity index (χ4v) is 2.88.